The van der Waals surface area contributed by atoms with E-state index in [4.69, 9.17) is 9.47 Å². The van der Waals surface area contributed by atoms with Crippen LogP contribution in [0, 0.1) is 23.7 Å². The van der Waals surface area contributed by atoms with Crippen molar-refractivity contribution in [2.45, 2.75) is 24.4 Å². The quantitative estimate of drug-likeness (QED) is 0.517. The minimum atomic E-state index is -1.26. The highest BCUT2D eigenvalue weighted by Crippen LogP contribution is 2.43. The number of rotatable bonds is 3. The lowest BCUT2D eigenvalue weighted by molar-refractivity contribution is -0.163. The molecule has 2 aliphatic carbocycles. The van der Waals surface area contributed by atoms with Gasteiger partial charge in [0.05, 0.1) is 11.8 Å². The summed E-state index contributed by atoms with van der Waals surface area (Å²) in [5, 5.41) is 20.5. The van der Waals surface area contributed by atoms with E-state index in [0.29, 0.717) is 0 Å². The average Bonchev–Trinajstić information content (AvgIpc) is 2.66. The summed E-state index contributed by atoms with van der Waals surface area (Å²) in [6, 6.07) is 0. The predicted molar refractivity (Wildman–Crippen MR) is 64.0 cm³/mol. The molecule has 6 heteroatoms. The molecule has 0 bridgehead atoms. The average molecular weight is 278 g/mol. The van der Waals surface area contributed by atoms with Gasteiger partial charge in [0, 0.05) is 11.8 Å². The van der Waals surface area contributed by atoms with Crippen molar-refractivity contribution in [3.05, 3.63) is 24.3 Å². The normalized spacial score (nSPS) is 46.7. The van der Waals surface area contributed by atoms with Gasteiger partial charge < -0.3 is 19.7 Å². The van der Waals surface area contributed by atoms with Gasteiger partial charge in [-0.2, -0.15) is 0 Å². The highest BCUT2D eigenvalue weighted by Gasteiger charge is 2.55. The lowest BCUT2D eigenvalue weighted by Gasteiger charge is -2.32. The molecule has 0 aromatic rings. The van der Waals surface area contributed by atoms with E-state index in [1.54, 1.807) is 24.3 Å². The summed E-state index contributed by atoms with van der Waals surface area (Å²) >= 11 is 0. The number of esters is 2. The number of aliphatic hydroxyl groups excluding tert-OH is 2. The molecule has 0 spiro atoms. The Hall–Kier alpha value is -1.66. The third-order valence-electron chi connectivity index (χ3n) is 4.74. The van der Waals surface area contributed by atoms with Crippen molar-refractivity contribution in [3.63, 3.8) is 0 Å². The molecular weight excluding hydrogens is 264 g/mol. The second-order valence-electron chi connectivity index (χ2n) is 5.76. The van der Waals surface area contributed by atoms with Gasteiger partial charge in [0.2, 0.25) is 0 Å². The van der Waals surface area contributed by atoms with Crippen LogP contribution in [-0.2, 0) is 19.1 Å². The summed E-state index contributed by atoms with van der Waals surface area (Å²) < 4.78 is 10.3. The predicted octanol–water partition coefficient (Wildman–Crippen LogP) is -0.837. The number of carbonyl (C=O) groups is 2. The van der Waals surface area contributed by atoms with Crippen LogP contribution in [0.25, 0.3) is 0 Å². The van der Waals surface area contributed by atoms with Crippen molar-refractivity contribution >= 4 is 11.9 Å². The first kappa shape index (κ1) is 12.1. The van der Waals surface area contributed by atoms with Crippen LogP contribution in [-0.4, -0.2) is 46.6 Å². The SMILES string of the molecule is O=C1O[C@H]([C@@H](O)[C@H](O)[C@H]2OC(=O)[C@@H]3C=C[C@H]23)[C@H]2C=C[C@@H]12. The minimum Gasteiger partial charge on any atom is -0.458 e. The van der Waals surface area contributed by atoms with E-state index in [1.165, 1.54) is 0 Å². The zero-order valence-electron chi connectivity index (χ0n) is 10.5. The molecule has 20 heavy (non-hydrogen) atoms. The van der Waals surface area contributed by atoms with Crippen LogP contribution in [0.15, 0.2) is 24.3 Å². The van der Waals surface area contributed by atoms with E-state index in [1.807, 2.05) is 0 Å². The maximum atomic E-state index is 11.5. The first-order valence-electron chi connectivity index (χ1n) is 6.71. The topological polar surface area (TPSA) is 93.1 Å². The summed E-state index contributed by atoms with van der Waals surface area (Å²) in [7, 11) is 0. The number of carbonyl (C=O) groups excluding carboxylic acids is 2. The van der Waals surface area contributed by atoms with E-state index in [2.05, 4.69) is 0 Å². The first-order valence-corrected chi connectivity index (χ1v) is 6.71. The Morgan fingerprint density at radius 3 is 1.45 bits per heavy atom. The smallest absolute Gasteiger partial charge is 0.313 e. The number of hydrogen-bond acceptors (Lipinski definition) is 6. The van der Waals surface area contributed by atoms with E-state index in [0.717, 1.165) is 0 Å². The molecule has 2 N–H and O–H groups in total. The molecule has 6 nitrogen and oxygen atoms in total. The van der Waals surface area contributed by atoms with Crippen LogP contribution in [0.1, 0.15) is 0 Å². The molecule has 106 valence electrons. The zero-order chi connectivity index (χ0) is 14.0. The molecule has 8 atom stereocenters. The van der Waals surface area contributed by atoms with E-state index in [9.17, 15) is 19.8 Å². The van der Waals surface area contributed by atoms with Gasteiger partial charge in [0.15, 0.2) is 0 Å². The fourth-order valence-corrected chi connectivity index (χ4v) is 3.37. The molecule has 0 aromatic carbocycles. The monoisotopic (exact) mass is 278 g/mol. The largest absolute Gasteiger partial charge is 0.458 e. The van der Waals surface area contributed by atoms with Crippen LogP contribution >= 0.6 is 0 Å². The minimum absolute atomic E-state index is 0.197. The first-order chi connectivity index (χ1) is 9.58. The number of ether oxygens (including phenoxy) is 2. The Morgan fingerprint density at radius 2 is 1.20 bits per heavy atom. The van der Waals surface area contributed by atoms with Gasteiger partial charge in [0.25, 0.3) is 0 Å². The molecule has 0 aromatic heterocycles. The van der Waals surface area contributed by atoms with E-state index in [-0.39, 0.29) is 35.6 Å². The zero-order valence-corrected chi connectivity index (χ0v) is 10.5. The highest BCUT2D eigenvalue weighted by atomic mass is 16.6. The van der Waals surface area contributed by atoms with E-state index >= 15 is 0 Å². The molecule has 2 heterocycles. The van der Waals surface area contributed by atoms with Crippen molar-refractivity contribution < 1.29 is 29.3 Å². The molecule has 0 radical (unpaired) electrons. The second kappa shape index (κ2) is 3.93. The summed E-state index contributed by atoms with van der Waals surface area (Å²) in [5.74, 6) is -1.78. The van der Waals surface area contributed by atoms with Gasteiger partial charge in [-0.25, -0.2) is 0 Å². The molecule has 0 amide bonds. The summed E-state index contributed by atoms with van der Waals surface area (Å²) in [6.07, 6.45) is 2.99. The van der Waals surface area contributed by atoms with Crippen LogP contribution in [0.2, 0.25) is 0 Å². The molecule has 2 saturated heterocycles. The van der Waals surface area contributed by atoms with Crippen molar-refractivity contribution in [1.82, 2.24) is 0 Å². The van der Waals surface area contributed by atoms with Gasteiger partial charge in [0.1, 0.15) is 24.4 Å². The van der Waals surface area contributed by atoms with Gasteiger partial charge >= 0.3 is 11.9 Å². The summed E-state index contributed by atoms with van der Waals surface area (Å²) in [6.45, 7) is 0. The van der Waals surface area contributed by atoms with Crippen LogP contribution in [0.4, 0.5) is 0 Å². The highest BCUT2D eigenvalue weighted by molar-refractivity contribution is 5.80. The lowest BCUT2D eigenvalue weighted by atomic mass is 9.75. The number of aliphatic hydroxyl groups is 2. The Balaban J connectivity index is 1.50. The number of hydrogen-bond donors (Lipinski definition) is 2. The van der Waals surface area contributed by atoms with Gasteiger partial charge in [-0.3, -0.25) is 9.59 Å². The number of cyclic esters (lactones) is 2. The van der Waals surface area contributed by atoms with Crippen LogP contribution in [0.5, 0.6) is 0 Å². The fourth-order valence-electron chi connectivity index (χ4n) is 3.37. The second-order valence-corrected chi connectivity index (χ2v) is 5.76. The van der Waals surface area contributed by atoms with Crippen LogP contribution in [0.3, 0.4) is 0 Å². The van der Waals surface area contributed by atoms with Gasteiger partial charge in [-0.05, 0) is 0 Å². The summed E-state index contributed by atoms with van der Waals surface area (Å²) in [5.41, 5.74) is 0. The molecule has 4 aliphatic rings. The third kappa shape index (κ3) is 1.40. The lowest BCUT2D eigenvalue weighted by Crippen LogP contribution is -2.49. The number of fused-ring (bicyclic) bond motifs is 2. The standard InChI is InChI=1S/C14H14O6/c15-9(11-5-1-3-7(5)13(17)19-11)10(16)12-6-2-4-8(6)14(18)20-12/h1-12,15-16H/t5-,6-,7+,8+,9-,10-,11-,12-/m0/s1. The van der Waals surface area contributed by atoms with Crippen molar-refractivity contribution in [2.75, 3.05) is 0 Å². The fraction of sp³-hybridized carbons (Fsp3) is 0.571. The molecule has 4 rings (SSSR count). The van der Waals surface area contributed by atoms with Crippen molar-refractivity contribution in [1.29, 1.82) is 0 Å². The molecule has 0 unspecified atom stereocenters. The molecule has 2 aliphatic heterocycles. The van der Waals surface area contributed by atoms with E-state index < -0.39 is 24.4 Å². The maximum Gasteiger partial charge on any atom is 0.313 e. The maximum absolute atomic E-state index is 11.5. The third-order valence-corrected chi connectivity index (χ3v) is 4.74. The Labute approximate surface area is 114 Å². The van der Waals surface area contributed by atoms with Crippen molar-refractivity contribution in [3.8, 4) is 0 Å². The molecule has 0 saturated carbocycles. The van der Waals surface area contributed by atoms with Gasteiger partial charge in [-0.15, -0.1) is 0 Å². The summed E-state index contributed by atoms with van der Waals surface area (Å²) in [4.78, 5) is 23.0. The van der Waals surface area contributed by atoms with Crippen LogP contribution < -0.4 is 0 Å². The molecule has 2 fully saturated rings. The van der Waals surface area contributed by atoms with Crippen molar-refractivity contribution in [2.24, 2.45) is 23.7 Å². The Bertz CT molecular complexity index is 490. The molecular formula is C14H14O6. The van der Waals surface area contributed by atoms with Gasteiger partial charge in [-0.1, -0.05) is 24.3 Å². The Kier molecular flexibility index (Phi) is 2.38. The Morgan fingerprint density at radius 1 is 0.800 bits per heavy atom.